The molecule has 0 bridgehead atoms. The molecule has 1 aliphatic rings. The molecule has 0 saturated carbocycles. The molecular weight excluding hydrogens is 668 g/mol. The van der Waals surface area contributed by atoms with Crippen molar-refractivity contribution in [3.63, 3.8) is 0 Å². The van der Waals surface area contributed by atoms with Gasteiger partial charge in [-0.3, -0.25) is 28.4 Å². The minimum Gasteiger partial charge on any atom is -0.477 e. The number of carbonyl (C=O) groups is 2. The molecule has 10 nitrogen and oxygen atoms in total. The molecule has 6 heterocycles. The summed E-state index contributed by atoms with van der Waals surface area (Å²) >= 11 is 0. The minimum atomic E-state index is -1.23. The number of aliphatic imine (C=N–C) groups is 1. The van der Waals surface area contributed by atoms with Crippen molar-refractivity contribution in [2.75, 3.05) is 6.54 Å². The van der Waals surface area contributed by atoms with Crippen LogP contribution in [0.4, 0.5) is 0 Å². The lowest BCUT2D eigenvalue weighted by molar-refractivity contribution is 0.0683. The molecule has 0 saturated heterocycles. The number of pyridine rings is 5. The fraction of sp³-hybridized carbons (Fsp3) is 0.0698. The summed E-state index contributed by atoms with van der Waals surface area (Å²) in [5, 5.41) is 18.7. The summed E-state index contributed by atoms with van der Waals surface area (Å²) in [7, 11) is 0. The van der Waals surface area contributed by atoms with Gasteiger partial charge in [-0.25, -0.2) is 9.59 Å². The second-order valence-corrected chi connectivity index (χ2v) is 12.4. The maximum atomic E-state index is 12.3. The van der Waals surface area contributed by atoms with Crippen LogP contribution in [-0.4, -0.2) is 48.7 Å². The fourth-order valence-corrected chi connectivity index (χ4v) is 6.34. The molecule has 8 rings (SSSR count). The maximum Gasteiger partial charge on any atom is 0.341 e. The molecule has 1 aliphatic heterocycles. The molecule has 53 heavy (non-hydrogen) atoms. The number of rotatable bonds is 8. The van der Waals surface area contributed by atoms with Gasteiger partial charge in [0.2, 0.25) is 0 Å². The van der Waals surface area contributed by atoms with E-state index in [4.69, 9.17) is 0 Å². The normalized spacial score (nSPS) is 12.0. The van der Waals surface area contributed by atoms with Crippen molar-refractivity contribution in [1.82, 2.24) is 13.8 Å². The second kappa shape index (κ2) is 15.0. The standard InChI is InChI=1S/C22H16N2O3.C21H16N2O3/c25-21-19(22(26)27)13-17(20-8-4-5-11-24(20)21)12-18-10-9-16(14-23-18)15-6-2-1-3-7-15;24-20-18(21(25)26)12-17(19-3-1-2-10-23(19)20)11-14-4-6-15(7-5-14)16-8-9-22-13-16/h1-11,13-14H,12H2,(H,26,27);1-8,10,12-13H,9,11H2,(H,25,26). The van der Waals surface area contributed by atoms with Crippen molar-refractivity contribution in [2.24, 2.45) is 4.99 Å². The summed E-state index contributed by atoms with van der Waals surface area (Å²) in [4.78, 5) is 56.3. The van der Waals surface area contributed by atoms with Crippen LogP contribution in [0.1, 0.15) is 48.7 Å². The average molecular weight is 701 g/mol. The lowest BCUT2D eigenvalue weighted by atomic mass is 9.99. The Morgan fingerprint density at radius 2 is 1.19 bits per heavy atom. The number of aromatic carboxylic acids is 2. The largest absolute Gasteiger partial charge is 0.477 e. The third-order valence-electron chi connectivity index (χ3n) is 9.01. The molecule has 0 atom stereocenters. The summed E-state index contributed by atoms with van der Waals surface area (Å²) in [5.41, 5.74) is 7.61. The summed E-state index contributed by atoms with van der Waals surface area (Å²) in [6, 6.07) is 35.7. The zero-order valence-electron chi connectivity index (χ0n) is 28.3. The first-order valence-corrected chi connectivity index (χ1v) is 16.8. The Bertz CT molecular complexity index is 2680. The number of carboxylic acid groups (broad SMARTS) is 2. The Morgan fingerprint density at radius 1 is 0.623 bits per heavy atom. The van der Waals surface area contributed by atoms with E-state index in [1.54, 1.807) is 36.8 Å². The van der Waals surface area contributed by atoms with Crippen LogP contribution in [0.3, 0.4) is 0 Å². The second-order valence-electron chi connectivity index (χ2n) is 12.4. The van der Waals surface area contributed by atoms with E-state index < -0.39 is 23.1 Å². The topological polar surface area (TPSA) is 143 Å². The van der Waals surface area contributed by atoms with E-state index in [1.165, 1.54) is 20.9 Å². The molecule has 2 aromatic carbocycles. The predicted molar refractivity (Wildman–Crippen MR) is 204 cm³/mol. The molecule has 0 spiro atoms. The smallest absolute Gasteiger partial charge is 0.341 e. The molecule has 2 N–H and O–H groups in total. The highest BCUT2D eigenvalue weighted by atomic mass is 16.4. The van der Waals surface area contributed by atoms with E-state index >= 15 is 0 Å². The van der Waals surface area contributed by atoms with Crippen molar-refractivity contribution < 1.29 is 19.8 Å². The van der Waals surface area contributed by atoms with Crippen LogP contribution >= 0.6 is 0 Å². The summed E-state index contributed by atoms with van der Waals surface area (Å²) in [5.74, 6) is -2.44. The van der Waals surface area contributed by atoms with Gasteiger partial charge in [-0.1, -0.05) is 78.9 Å². The third kappa shape index (κ3) is 7.33. The van der Waals surface area contributed by atoms with Gasteiger partial charge in [0.15, 0.2) is 0 Å². The van der Waals surface area contributed by atoms with Crippen molar-refractivity contribution in [3.8, 4) is 11.1 Å². The van der Waals surface area contributed by atoms with Crippen molar-refractivity contribution in [3.05, 3.63) is 200 Å². The molecule has 0 amide bonds. The molecule has 0 aliphatic carbocycles. The van der Waals surface area contributed by atoms with Gasteiger partial charge in [0.1, 0.15) is 11.1 Å². The van der Waals surface area contributed by atoms with Gasteiger partial charge < -0.3 is 10.2 Å². The van der Waals surface area contributed by atoms with Gasteiger partial charge in [0.25, 0.3) is 11.1 Å². The summed E-state index contributed by atoms with van der Waals surface area (Å²) in [6.45, 7) is 0.722. The van der Waals surface area contributed by atoms with E-state index in [9.17, 15) is 29.4 Å². The van der Waals surface area contributed by atoms with Crippen molar-refractivity contribution in [1.29, 1.82) is 0 Å². The Hall–Kier alpha value is -7.20. The number of aromatic nitrogens is 3. The van der Waals surface area contributed by atoms with Crippen LogP contribution in [-0.2, 0) is 12.8 Å². The van der Waals surface area contributed by atoms with Crippen LogP contribution in [0.2, 0.25) is 0 Å². The average Bonchev–Trinajstić information content (AvgIpc) is 3.74. The molecule has 10 heteroatoms. The number of benzene rings is 2. The van der Waals surface area contributed by atoms with Gasteiger partial charge in [0.05, 0.1) is 17.6 Å². The van der Waals surface area contributed by atoms with E-state index in [0.29, 0.717) is 18.4 Å². The van der Waals surface area contributed by atoms with Crippen LogP contribution in [0.25, 0.3) is 27.7 Å². The SMILES string of the molecule is O=C(O)c1cc(Cc2ccc(-c3ccccc3)cn2)c2ccccn2c1=O.O=C(O)c1cc(Cc2ccc(C3=CCN=C3)cc2)c2ccccn2c1=O. The number of hydrogen-bond acceptors (Lipinski definition) is 6. The molecule has 7 aromatic rings. The van der Waals surface area contributed by atoms with Crippen LogP contribution in [0.15, 0.2) is 155 Å². The van der Waals surface area contributed by atoms with Gasteiger partial charge in [-0.05, 0) is 82.3 Å². The number of fused-ring (bicyclic) bond motifs is 2. The highest BCUT2D eigenvalue weighted by molar-refractivity contribution is 6.11. The first-order valence-electron chi connectivity index (χ1n) is 16.8. The Kier molecular flexibility index (Phi) is 9.67. The molecule has 0 radical (unpaired) electrons. The van der Waals surface area contributed by atoms with Crippen LogP contribution < -0.4 is 11.1 Å². The minimum absolute atomic E-state index is 0.215. The Balaban J connectivity index is 0.000000164. The molecule has 0 unspecified atom stereocenters. The Labute approximate surface area is 302 Å². The monoisotopic (exact) mass is 700 g/mol. The maximum absolute atomic E-state index is 12.3. The lowest BCUT2D eigenvalue weighted by Gasteiger charge is -2.10. The van der Waals surface area contributed by atoms with Gasteiger partial charge in [-0.15, -0.1) is 0 Å². The molecule has 260 valence electrons. The van der Waals surface area contributed by atoms with Gasteiger partial charge in [-0.2, -0.15) is 0 Å². The quantitative estimate of drug-likeness (QED) is 0.180. The van der Waals surface area contributed by atoms with E-state index in [1.807, 2.05) is 91.1 Å². The molecule has 0 fully saturated rings. The van der Waals surface area contributed by atoms with E-state index in [-0.39, 0.29) is 11.1 Å². The lowest BCUT2D eigenvalue weighted by Crippen LogP contribution is -2.23. The first-order chi connectivity index (χ1) is 25.8. The molecular formula is C43H32N4O6. The molecule has 5 aromatic heterocycles. The zero-order valence-corrected chi connectivity index (χ0v) is 28.3. The number of allylic oxidation sites excluding steroid dienone is 1. The van der Waals surface area contributed by atoms with E-state index in [2.05, 4.69) is 16.1 Å². The third-order valence-corrected chi connectivity index (χ3v) is 9.01. The van der Waals surface area contributed by atoms with Gasteiger partial charge >= 0.3 is 11.9 Å². The predicted octanol–water partition coefficient (Wildman–Crippen LogP) is 6.71. The highest BCUT2D eigenvalue weighted by Crippen LogP contribution is 2.22. The fourth-order valence-electron chi connectivity index (χ4n) is 6.34. The summed E-state index contributed by atoms with van der Waals surface area (Å²) < 4.78 is 2.77. The van der Waals surface area contributed by atoms with Crippen LogP contribution in [0, 0.1) is 0 Å². The summed E-state index contributed by atoms with van der Waals surface area (Å²) in [6.07, 6.45) is 9.91. The van der Waals surface area contributed by atoms with Crippen molar-refractivity contribution in [2.45, 2.75) is 12.8 Å². The van der Waals surface area contributed by atoms with E-state index in [0.717, 1.165) is 56.7 Å². The number of hydrogen-bond donors (Lipinski definition) is 2. The number of carboxylic acids is 2. The van der Waals surface area contributed by atoms with Crippen molar-refractivity contribution >= 4 is 34.8 Å². The first kappa shape index (κ1) is 34.3. The highest BCUT2D eigenvalue weighted by Gasteiger charge is 2.16. The zero-order chi connectivity index (χ0) is 36.9. The Morgan fingerprint density at radius 3 is 1.72 bits per heavy atom. The van der Waals surface area contributed by atoms with Gasteiger partial charge in [0, 0.05) is 42.5 Å². The number of nitrogens with zero attached hydrogens (tertiary/aromatic N) is 4. The van der Waals surface area contributed by atoms with Crippen LogP contribution in [0.5, 0.6) is 0 Å².